The van der Waals surface area contributed by atoms with Gasteiger partial charge >= 0.3 is 0 Å². The van der Waals surface area contributed by atoms with Gasteiger partial charge in [-0.15, -0.1) is 0 Å². The Kier molecular flexibility index (Phi) is 4.45. The van der Waals surface area contributed by atoms with Crippen LogP contribution in [0.4, 0.5) is 0 Å². The van der Waals surface area contributed by atoms with Crippen LogP contribution in [0.5, 0.6) is 0 Å². The smallest absolute Gasteiger partial charge is 0.251 e. The maximum Gasteiger partial charge on any atom is 0.251 e. The first-order valence-corrected chi connectivity index (χ1v) is 7.86. The first-order valence-electron chi connectivity index (χ1n) is 7.86. The summed E-state index contributed by atoms with van der Waals surface area (Å²) in [7, 11) is 0. The van der Waals surface area contributed by atoms with E-state index in [0.717, 1.165) is 22.0 Å². The number of nitrogens with one attached hydrogen (secondary N) is 1. The Morgan fingerprint density at radius 1 is 1.17 bits per heavy atom. The van der Waals surface area contributed by atoms with E-state index < -0.39 is 12.0 Å². The maximum atomic E-state index is 12.2. The van der Waals surface area contributed by atoms with E-state index in [1.807, 2.05) is 54.6 Å². The normalized spacial score (nSPS) is 13.4. The average molecular weight is 318 g/mol. The highest BCUT2D eigenvalue weighted by Crippen LogP contribution is 2.20. The number of nitriles is 1. The lowest BCUT2D eigenvalue weighted by Gasteiger charge is -2.13. The molecule has 0 aliphatic carbocycles. The molecule has 0 amide bonds. The van der Waals surface area contributed by atoms with Gasteiger partial charge in [0.25, 0.3) is 5.56 Å². The highest BCUT2D eigenvalue weighted by molar-refractivity contribution is 5.78. The summed E-state index contributed by atoms with van der Waals surface area (Å²) in [6.45, 7) is 1.61. The molecule has 0 unspecified atom stereocenters. The van der Waals surface area contributed by atoms with Crippen molar-refractivity contribution in [1.82, 2.24) is 4.98 Å². The number of benzene rings is 2. The van der Waals surface area contributed by atoms with E-state index in [0.29, 0.717) is 12.0 Å². The van der Waals surface area contributed by atoms with E-state index in [-0.39, 0.29) is 5.56 Å². The summed E-state index contributed by atoms with van der Waals surface area (Å²) >= 11 is 0. The Balaban J connectivity index is 1.88. The van der Waals surface area contributed by atoms with Gasteiger partial charge in [-0.25, -0.2) is 0 Å². The summed E-state index contributed by atoms with van der Waals surface area (Å²) in [5, 5.41) is 19.8. The summed E-state index contributed by atoms with van der Waals surface area (Å²) in [5.74, 6) is -0.539. The van der Waals surface area contributed by atoms with Crippen LogP contribution in [0, 0.1) is 11.3 Å². The molecule has 4 nitrogen and oxygen atoms in total. The molecule has 0 spiro atoms. The largest absolute Gasteiger partial charge is 0.392 e. The number of aliphatic hydroxyl groups is 1. The molecular formula is C20H18N2O2. The zero-order valence-corrected chi connectivity index (χ0v) is 13.4. The van der Waals surface area contributed by atoms with Crippen LogP contribution in [0.15, 0.2) is 59.4 Å². The summed E-state index contributed by atoms with van der Waals surface area (Å²) in [6, 6.07) is 19.2. The van der Waals surface area contributed by atoms with Gasteiger partial charge in [0.05, 0.1) is 18.1 Å². The molecule has 0 aliphatic rings. The van der Waals surface area contributed by atoms with Crippen LogP contribution in [0.25, 0.3) is 10.9 Å². The Labute approximate surface area is 140 Å². The Morgan fingerprint density at radius 2 is 1.88 bits per heavy atom. The number of aromatic nitrogens is 1. The number of rotatable bonds is 4. The minimum atomic E-state index is -0.718. The quantitative estimate of drug-likeness (QED) is 0.776. The number of hydrogen-bond donors (Lipinski definition) is 2. The zero-order valence-electron chi connectivity index (χ0n) is 13.4. The van der Waals surface area contributed by atoms with Crippen molar-refractivity contribution >= 4 is 10.9 Å². The first-order chi connectivity index (χ1) is 11.6. The highest BCUT2D eigenvalue weighted by atomic mass is 16.3. The van der Waals surface area contributed by atoms with Crippen molar-refractivity contribution < 1.29 is 5.11 Å². The number of para-hydroxylation sites is 1. The number of hydrogen-bond acceptors (Lipinski definition) is 3. The van der Waals surface area contributed by atoms with Gasteiger partial charge in [0.2, 0.25) is 0 Å². The average Bonchev–Trinajstić information content (AvgIpc) is 2.57. The molecule has 0 fully saturated rings. The molecule has 0 aliphatic heterocycles. The van der Waals surface area contributed by atoms with Crippen molar-refractivity contribution in [2.24, 2.45) is 0 Å². The van der Waals surface area contributed by atoms with Crippen LogP contribution in [0.1, 0.15) is 29.5 Å². The zero-order chi connectivity index (χ0) is 17.1. The molecule has 3 aromatic rings. The summed E-state index contributed by atoms with van der Waals surface area (Å²) < 4.78 is 0. The molecule has 2 atom stereocenters. The van der Waals surface area contributed by atoms with Crippen LogP contribution in [-0.2, 0) is 6.42 Å². The lowest BCUT2D eigenvalue weighted by atomic mass is 9.94. The molecule has 0 radical (unpaired) electrons. The highest BCUT2D eigenvalue weighted by Gasteiger charge is 2.16. The van der Waals surface area contributed by atoms with E-state index in [1.54, 1.807) is 6.92 Å². The molecule has 1 aromatic heterocycles. The Hall–Kier alpha value is -2.90. The van der Waals surface area contributed by atoms with E-state index >= 15 is 0 Å². The Bertz CT molecular complexity index is 950. The lowest BCUT2D eigenvalue weighted by molar-refractivity contribution is 0.181. The van der Waals surface area contributed by atoms with Crippen molar-refractivity contribution in [2.75, 3.05) is 0 Å². The minimum Gasteiger partial charge on any atom is -0.392 e. The second-order valence-electron chi connectivity index (χ2n) is 5.98. The molecule has 24 heavy (non-hydrogen) atoms. The van der Waals surface area contributed by atoms with E-state index in [1.165, 1.54) is 0 Å². The van der Waals surface area contributed by atoms with Crippen LogP contribution in [0.2, 0.25) is 0 Å². The van der Waals surface area contributed by atoms with Crippen LogP contribution >= 0.6 is 0 Å². The summed E-state index contributed by atoms with van der Waals surface area (Å²) in [5.41, 5.74) is 3.21. The van der Waals surface area contributed by atoms with Gasteiger partial charge in [0.1, 0.15) is 0 Å². The molecule has 2 N–H and O–H groups in total. The molecule has 3 rings (SSSR count). The van der Waals surface area contributed by atoms with Crippen molar-refractivity contribution in [1.29, 1.82) is 5.26 Å². The van der Waals surface area contributed by atoms with Gasteiger partial charge in [-0.3, -0.25) is 4.79 Å². The monoisotopic (exact) mass is 318 g/mol. The fourth-order valence-electron chi connectivity index (χ4n) is 2.85. The molecule has 4 heteroatoms. The van der Waals surface area contributed by atoms with Gasteiger partial charge in [-0.1, -0.05) is 42.5 Å². The van der Waals surface area contributed by atoms with Crippen molar-refractivity contribution in [2.45, 2.75) is 25.4 Å². The fourth-order valence-corrected chi connectivity index (χ4v) is 2.85. The molecular weight excluding hydrogens is 300 g/mol. The molecule has 0 saturated carbocycles. The van der Waals surface area contributed by atoms with Crippen LogP contribution in [-0.4, -0.2) is 16.2 Å². The summed E-state index contributed by atoms with van der Waals surface area (Å²) in [4.78, 5) is 15.1. The van der Waals surface area contributed by atoms with Gasteiger partial charge in [-0.2, -0.15) is 5.26 Å². The third-order valence-electron chi connectivity index (χ3n) is 4.19. The van der Waals surface area contributed by atoms with Gasteiger partial charge in [0.15, 0.2) is 0 Å². The molecule has 120 valence electrons. The molecule has 1 heterocycles. The van der Waals surface area contributed by atoms with E-state index in [9.17, 15) is 9.90 Å². The number of aromatic amines is 1. The van der Waals surface area contributed by atoms with Crippen LogP contribution in [0.3, 0.4) is 0 Å². The van der Waals surface area contributed by atoms with E-state index in [4.69, 9.17) is 5.26 Å². The number of fused-ring (bicyclic) bond motifs is 1. The number of aliphatic hydroxyl groups excluding tert-OH is 1. The van der Waals surface area contributed by atoms with E-state index in [2.05, 4.69) is 11.1 Å². The fraction of sp³-hybridized carbons (Fsp3) is 0.200. The maximum absolute atomic E-state index is 12.2. The van der Waals surface area contributed by atoms with Gasteiger partial charge in [-0.05, 0) is 35.6 Å². The number of nitrogens with zero attached hydrogens (tertiary/aromatic N) is 1. The third-order valence-corrected chi connectivity index (χ3v) is 4.19. The SMILES string of the molecule is C[C@H](O)[C@@H](C#N)c1ccc(Cc2cc3ccccc3[nH]c2=O)cc1. The van der Waals surface area contributed by atoms with Crippen molar-refractivity contribution in [3.05, 3.63) is 81.6 Å². The lowest BCUT2D eigenvalue weighted by Crippen LogP contribution is -2.13. The third kappa shape index (κ3) is 3.22. The predicted octanol–water partition coefficient (Wildman–Crippen LogP) is 3.11. The minimum absolute atomic E-state index is 0.0864. The second kappa shape index (κ2) is 6.69. The molecule has 0 bridgehead atoms. The first kappa shape index (κ1) is 16.0. The summed E-state index contributed by atoms with van der Waals surface area (Å²) in [6.07, 6.45) is -0.198. The molecule has 2 aromatic carbocycles. The predicted molar refractivity (Wildman–Crippen MR) is 93.9 cm³/mol. The Morgan fingerprint density at radius 3 is 2.54 bits per heavy atom. The second-order valence-corrected chi connectivity index (χ2v) is 5.98. The number of pyridine rings is 1. The number of H-pyrrole nitrogens is 1. The van der Waals surface area contributed by atoms with Gasteiger partial charge < -0.3 is 10.1 Å². The topological polar surface area (TPSA) is 76.9 Å². The van der Waals surface area contributed by atoms with Crippen molar-refractivity contribution in [3.8, 4) is 6.07 Å². The standard InChI is InChI=1S/C20H18N2O2/c1-13(23)18(12-21)15-8-6-14(7-9-15)10-17-11-16-4-2-3-5-19(16)22-20(17)24/h2-9,11,13,18,23H,10H2,1H3,(H,22,24)/t13-,18+/m0/s1. The van der Waals surface area contributed by atoms with Crippen molar-refractivity contribution in [3.63, 3.8) is 0 Å². The van der Waals surface area contributed by atoms with Gasteiger partial charge in [0, 0.05) is 17.5 Å². The van der Waals surface area contributed by atoms with Crippen LogP contribution < -0.4 is 5.56 Å². The molecule has 0 saturated heterocycles.